The van der Waals surface area contributed by atoms with Crippen LogP contribution in [0.15, 0.2) is 30.3 Å². The number of hydrogen-bond acceptors (Lipinski definition) is 8. The number of rotatable bonds is 7. The van der Waals surface area contributed by atoms with Crippen LogP contribution in [0.4, 0.5) is 27.5 Å². The van der Waals surface area contributed by atoms with Crippen molar-refractivity contribution in [1.29, 1.82) is 0 Å². The second-order valence-corrected chi connectivity index (χ2v) is 8.51. The summed E-state index contributed by atoms with van der Waals surface area (Å²) in [5.41, 5.74) is 9.14. The minimum Gasteiger partial charge on any atom is -0.495 e. The highest BCUT2D eigenvalue weighted by Gasteiger charge is 2.22. The van der Waals surface area contributed by atoms with E-state index in [2.05, 4.69) is 44.6 Å². The van der Waals surface area contributed by atoms with Crippen LogP contribution in [0.25, 0.3) is 0 Å². The Kier molecular flexibility index (Phi) is 6.60. The molecule has 10 heteroatoms. The van der Waals surface area contributed by atoms with E-state index in [4.69, 9.17) is 10.5 Å². The Morgan fingerprint density at radius 1 is 1.21 bits per heavy atom. The molecule has 0 bridgehead atoms. The van der Waals surface area contributed by atoms with Gasteiger partial charge in [-0.25, -0.2) is 4.39 Å². The SMILES string of the molecule is COc1cc2c(cc1Nc1nnc(C(N)=O)c(Nc3c(C)cccc3F)n1)CN(C(C)C)CC2. The number of fused-ring (bicyclic) bond motifs is 1. The first-order valence-corrected chi connectivity index (χ1v) is 11.0. The average molecular weight is 466 g/mol. The lowest BCUT2D eigenvalue weighted by molar-refractivity contribution is 0.0995. The highest BCUT2D eigenvalue weighted by atomic mass is 19.1. The van der Waals surface area contributed by atoms with Gasteiger partial charge < -0.3 is 21.1 Å². The van der Waals surface area contributed by atoms with Crippen LogP contribution < -0.4 is 21.1 Å². The van der Waals surface area contributed by atoms with Gasteiger partial charge in [-0.05, 0) is 62.1 Å². The average Bonchev–Trinajstić information content (AvgIpc) is 2.80. The summed E-state index contributed by atoms with van der Waals surface area (Å²) in [6, 6.07) is 9.12. The van der Waals surface area contributed by atoms with E-state index < -0.39 is 11.7 Å². The lowest BCUT2D eigenvalue weighted by atomic mass is 9.97. The minimum atomic E-state index is -0.830. The summed E-state index contributed by atoms with van der Waals surface area (Å²) in [6.45, 7) is 7.91. The van der Waals surface area contributed by atoms with E-state index in [-0.39, 0.29) is 23.1 Å². The number of amides is 1. The first-order valence-electron chi connectivity index (χ1n) is 11.0. The molecule has 0 radical (unpaired) electrons. The third kappa shape index (κ3) is 4.76. The van der Waals surface area contributed by atoms with Crippen LogP contribution >= 0.6 is 0 Å². The summed E-state index contributed by atoms with van der Waals surface area (Å²) in [7, 11) is 1.60. The summed E-state index contributed by atoms with van der Waals surface area (Å²) in [5.74, 6) is -0.575. The fraction of sp³-hybridized carbons (Fsp3) is 0.333. The number of aromatic nitrogens is 3. The quantitative estimate of drug-likeness (QED) is 0.484. The first-order chi connectivity index (χ1) is 16.3. The molecule has 9 nitrogen and oxygen atoms in total. The maximum Gasteiger partial charge on any atom is 0.273 e. The number of ether oxygens (including phenoxy) is 1. The number of nitrogens with one attached hydrogen (secondary N) is 2. The molecular formula is C24H28FN7O2. The minimum absolute atomic E-state index is 0.00103. The van der Waals surface area contributed by atoms with Crippen LogP contribution in [0.5, 0.6) is 5.75 Å². The maximum atomic E-state index is 14.4. The number of carbonyl (C=O) groups is 1. The van der Waals surface area contributed by atoms with Gasteiger partial charge in [0, 0.05) is 19.1 Å². The van der Waals surface area contributed by atoms with Crippen LogP contribution in [-0.4, -0.2) is 45.7 Å². The van der Waals surface area contributed by atoms with E-state index in [9.17, 15) is 9.18 Å². The highest BCUT2D eigenvalue weighted by Crippen LogP contribution is 2.34. The van der Waals surface area contributed by atoms with Crippen LogP contribution in [0.2, 0.25) is 0 Å². The Bertz CT molecular complexity index is 1210. The van der Waals surface area contributed by atoms with Gasteiger partial charge in [0.05, 0.1) is 18.5 Å². The lowest BCUT2D eigenvalue weighted by Crippen LogP contribution is -2.35. The van der Waals surface area contributed by atoms with Crippen molar-refractivity contribution < 1.29 is 13.9 Å². The maximum absolute atomic E-state index is 14.4. The van der Waals surface area contributed by atoms with Crippen molar-refractivity contribution in [3.63, 3.8) is 0 Å². The number of methoxy groups -OCH3 is 1. The number of anilines is 4. The molecule has 2 aromatic carbocycles. The summed E-state index contributed by atoms with van der Waals surface area (Å²) in [6.07, 6.45) is 0.936. The zero-order valence-electron chi connectivity index (χ0n) is 19.6. The molecule has 3 aromatic rings. The van der Waals surface area contributed by atoms with E-state index in [1.54, 1.807) is 26.2 Å². The van der Waals surface area contributed by atoms with Gasteiger partial charge in [0.1, 0.15) is 11.6 Å². The first kappa shape index (κ1) is 23.4. The molecule has 0 saturated carbocycles. The molecule has 1 aliphatic rings. The van der Waals surface area contributed by atoms with Crippen LogP contribution in [0, 0.1) is 12.7 Å². The number of para-hydroxylation sites is 1. The van der Waals surface area contributed by atoms with Crippen LogP contribution in [0.3, 0.4) is 0 Å². The number of primary amides is 1. The van der Waals surface area contributed by atoms with Gasteiger partial charge in [-0.2, -0.15) is 4.98 Å². The number of benzene rings is 2. The van der Waals surface area contributed by atoms with Gasteiger partial charge in [0.15, 0.2) is 11.5 Å². The molecule has 0 aliphatic carbocycles. The molecule has 0 unspecified atom stereocenters. The van der Waals surface area contributed by atoms with Crippen molar-refractivity contribution in [2.24, 2.45) is 5.73 Å². The molecular weight excluding hydrogens is 437 g/mol. The van der Waals surface area contributed by atoms with Crippen molar-refractivity contribution in [2.45, 2.75) is 39.8 Å². The van der Waals surface area contributed by atoms with Gasteiger partial charge in [0.2, 0.25) is 5.95 Å². The normalized spacial score (nSPS) is 13.5. The predicted molar refractivity (Wildman–Crippen MR) is 128 cm³/mol. The molecule has 4 N–H and O–H groups in total. The van der Waals surface area contributed by atoms with Crippen molar-refractivity contribution in [1.82, 2.24) is 20.1 Å². The van der Waals surface area contributed by atoms with Gasteiger partial charge in [-0.15, -0.1) is 10.2 Å². The number of halogens is 1. The molecule has 4 rings (SSSR count). The third-order valence-electron chi connectivity index (χ3n) is 5.93. The van der Waals surface area contributed by atoms with Gasteiger partial charge in [-0.3, -0.25) is 9.69 Å². The van der Waals surface area contributed by atoms with Gasteiger partial charge in [-0.1, -0.05) is 12.1 Å². The highest BCUT2D eigenvalue weighted by molar-refractivity contribution is 5.96. The van der Waals surface area contributed by atoms with E-state index in [0.717, 1.165) is 19.5 Å². The molecule has 178 valence electrons. The zero-order chi connectivity index (χ0) is 24.4. The van der Waals surface area contributed by atoms with Gasteiger partial charge in [0.25, 0.3) is 5.91 Å². The van der Waals surface area contributed by atoms with Crippen molar-refractivity contribution >= 4 is 29.0 Å². The zero-order valence-corrected chi connectivity index (χ0v) is 19.6. The van der Waals surface area contributed by atoms with E-state index >= 15 is 0 Å². The lowest BCUT2D eigenvalue weighted by Gasteiger charge is -2.32. The van der Waals surface area contributed by atoms with Gasteiger partial charge >= 0.3 is 0 Å². The summed E-state index contributed by atoms with van der Waals surface area (Å²) in [4.78, 5) is 18.7. The second-order valence-electron chi connectivity index (χ2n) is 8.51. The largest absolute Gasteiger partial charge is 0.495 e. The number of carbonyl (C=O) groups excluding carboxylic acids is 1. The summed E-state index contributed by atoms with van der Waals surface area (Å²) in [5, 5.41) is 13.9. The molecule has 0 spiro atoms. The van der Waals surface area contributed by atoms with Crippen molar-refractivity contribution in [2.75, 3.05) is 24.3 Å². The summed E-state index contributed by atoms with van der Waals surface area (Å²) < 4.78 is 20.0. The number of hydrogen-bond donors (Lipinski definition) is 3. The smallest absolute Gasteiger partial charge is 0.273 e. The van der Waals surface area contributed by atoms with E-state index in [1.165, 1.54) is 17.2 Å². The van der Waals surface area contributed by atoms with Crippen LogP contribution in [-0.2, 0) is 13.0 Å². The van der Waals surface area contributed by atoms with Crippen molar-refractivity contribution in [3.8, 4) is 5.75 Å². The van der Waals surface area contributed by atoms with E-state index in [1.807, 2.05) is 12.1 Å². The molecule has 1 aliphatic heterocycles. The third-order valence-corrected chi connectivity index (χ3v) is 5.93. The molecule has 0 fully saturated rings. The number of nitrogens with two attached hydrogens (primary N) is 1. The summed E-state index contributed by atoms with van der Waals surface area (Å²) >= 11 is 0. The molecule has 0 atom stereocenters. The molecule has 0 saturated heterocycles. The second kappa shape index (κ2) is 9.60. The number of aryl methyl sites for hydroxylation is 1. The molecule has 1 amide bonds. The fourth-order valence-electron chi connectivity index (χ4n) is 3.98. The standard InChI is InChI=1S/C24H28FN7O2/c1-13(2)32-9-8-15-11-19(34-4)18(10-16(15)12-32)27-24-29-23(21(22(26)33)30-31-24)28-20-14(3)6-5-7-17(20)25/h5-7,10-11,13H,8-9,12H2,1-4H3,(H2,26,33)(H2,27,28,29,31). The van der Waals surface area contributed by atoms with Crippen molar-refractivity contribution in [3.05, 3.63) is 58.5 Å². The Balaban J connectivity index is 1.69. The number of nitrogens with zero attached hydrogens (tertiary/aromatic N) is 4. The Hall–Kier alpha value is -3.79. The Morgan fingerprint density at radius 2 is 2.00 bits per heavy atom. The molecule has 34 heavy (non-hydrogen) atoms. The fourth-order valence-corrected chi connectivity index (χ4v) is 3.98. The molecule has 1 aromatic heterocycles. The Labute approximate surface area is 197 Å². The predicted octanol–water partition coefficient (Wildman–Crippen LogP) is 3.68. The molecule has 2 heterocycles. The van der Waals surface area contributed by atoms with Crippen LogP contribution in [0.1, 0.15) is 41.0 Å². The topological polar surface area (TPSA) is 118 Å². The monoisotopic (exact) mass is 465 g/mol. The Morgan fingerprint density at radius 3 is 2.68 bits per heavy atom. The van der Waals surface area contributed by atoms with E-state index in [0.29, 0.717) is 23.0 Å².